The second kappa shape index (κ2) is 12.6. The fourth-order valence-electron chi connectivity index (χ4n) is 4.34. The molecule has 4 rings (SSSR count). The summed E-state index contributed by atoms with van der Waals surface area (Å²) in [6.45, 7) is 1.13. The number of carbonyl (C=O) groups excluding carboxylic acids is 4. The van der Waals surface area contributed by atoms with Crippen molar-refractivity contribution in [3.63, 3.8) is 0 Å². The number of ketones is 1. The fourth-order valence-corrected chi connectivity index (χ4v) is 4.34. The summed E-state index contributed by atoms with van der Waals surface area (Å²) in [5, 5.41) is 5.12. The van der Waals surface area contributed by atoms with Gasteiger partial charge in [-0.2, -0.15) is 13.2 Å². The lowest BCUT2D eigenvalue weighted by molar-refractivity contribution is -0.139. The number of nitrogens with one attached hydrogen (secondary N) is 2. The molecule has 13 heteroatoms. The minimum atomic E-state index is -5.08. The highest BCUT2D eigenvalue weighted by atomic mass is 19.4. The molecule has 0 unspecified atom stereocenters. The van der Waals surface area contributed by atoms with Crippen LogP contribution >= 0.6 is 0 Å². The van der Waals surface area contributed by atoms with E-state index in [0.29, 0.717) is 5.56 Å². The molecule has 9 nitrogen and oxygen atoms in total. The smallest absolute Gasteiger partial charge is 0.454 e. The number of esters is 1. The molecule has 218 valence electrons. The van der Waals surface area contributed by atoms with E-state index in [0.717, 1.165) is 30.3 Å². The number of ether oxygens (including phenoxy) is 1. The molecule has 1 aromatic heterocycles. The number of hydrogen-bond acceptors (Lipinski definition) is 6. The minimum Gasteiger partial charge on any atom is -0.463 e. The van der Waals surface area contributed by atoms with Gasteiger partial charge < -0.3 is 20.3 Å². The molecule has 2 heterocycles. The Bertz CT molecular complexity index is 1520. The van der Waals surface area contributed by atoms with E-state index in [9.17, 15) is 36.7 Å². The molecule has 0 saturated heterocycles. The number of rotatable bonds is 9. The van der Waals surface area contributed by atoms with Gasteiger partial charge in [0.05, 0.1) is 30.5 Å². The topological polar surface area (TPSA) is 118 Å². The van der Waals surface area contributed by atoms with Gasteiger partial charge in [-0.1, -0.05) is 30.3 Å². The molecule has 1 aliphatic rings. The lowest BCUT2D eigenvalue weighted by atomic mass is 9.94. The van der Waals surface area contributed by atoms with Crippen LogP contribution in [-0.2, 0) is 16.1 Å². The van der Waals surface area contributed by atoms with Crippen LogP contribution in [0.1, 0.15) is 44.8 Å². The summed E-state index contributed by atoms with van der Waals surface area (Å²) in [6.07, 6.45) is -2.08. The van der Waals surface area contributed by atoms with E-state index in [-0.39, 0.29) is 42.1 Å². The van der Waals surface area contributed by atoms with Crippen molar-refractivity contribution in [1.29, 1.82) is 0 Å². The number of halogens is 4. The van der Waals surface area contributed by atoms with Crippen LogP contribution in [0, 0.1) is 5.82 Å². The quantitative estimate of drug-likeness (QED) is 0.218. The summed E-state index contributed by atoms with van der Waals surface area (Å²) in [5.74, 6) is -4.17. The van der Waals surface area contributed by atoms with E-state index >= 15 is 0 Å². The molecule has 2 N–H and O–H groups in total. The van der Waals surface area contributed by atoms with Crippen LogP contribution in [0.5, 0.6) is 0 Å². The average Bonchev–Trinajstić information content (AvgIpc) is 2.96. The van der Waals surface area contributed by atoms with E-state index in [1.165, 1.54) is 35.5 Å². The highest BCUT2D eigenvalue weighted by Crippen LogP contribution is 2.29. The van der Waals surface area contributed by atoms with Gasteiger partial charge in [0.25, 0.3) is 11.7 Å². The summed E-state index contributed by atoms with van der Waals surface area (Å²) in [7, 11) is 0. The molecule has 0 radical (unpaired) electrons. The maximum atomic E-state index is 14.1. The molecule has 0 spiro atoms. The van der Waals surface area contributed by atoms with Crippen LogP contribution in [0.3, 0.4) is 0 Å². The third-order valence-electron chi connectivity index (χ3n) is 6.21. The predicted octanol–water partition coefficient (Wildman–Crippen LogP) is 4.48. The van der Waals surface area contributed by atoms with Crippen molar-refractivity contribution in [2.75, 3.05) is 13.2 Å². The van der Waals surface area contributed by atoms with Crippen LogP contribution in [0.2, 0.25) is 0 Å². The van der Waals surface area contributed by atoms with Gasteiger partial charge in [-0.25, -0.2) is 14.0 Å². The second-order valence-electron chi connectivity index (χ2n) is 9.13. The SMILES string of the molecule is CCOC(=O)C1=C(CN(Cc2cccnc2)C(=O)c2ccc(C(=O)C(F)(F)F)cc2)NC(=O)N[C@H]1c1cccc(F)c1. The summed E-state index contributed by atoms with van der Waals surface area (Å²) >= 11 is 0. The molecule has 0 aliphatic carbocycles. The van der Waals surface area contributed by atoms with Crippen molar-refractivity contribution in [2.45, 2.75) is 25.7 Å². The van der Waals surface area contributed by atoms with E-state index in [1.807, 2.05) is 0 Å². The van der Waals surface area contributed by atoms with Crippen molar-refractivity contribution >= 4 is 23.7 Å². The number of carbonyl (C=O) groups is 4. The number of hydrogen-bond donors (Lipinski definition) is 2. The molecule has 1 atom stereocenters. The monoisotopic (exact) mass is 584 g/mol. The molecule has 2 aromatic carbocycles. The number of nitrogens with zero attached hydrogens (tertiary/aromatic N) is 2. The van der Waals surface area contributed by atoms with Crippen LogP contribution in [-0.4, -0.2) is 52.9 Å². The maximum Gasteiger partial charge on any atom is 0.454 e. The van der Waals surface area contributed by atoms with Crippen molar-refractivity contribution < 1.29 is 41.5 Å². The Morgan fingerprint density at radius 1 is 1.00 bits per heavy atom. The number of Topliss-reactive ketones (excluding diaryl/α,β-unsaturated/α-hetero) is 1. The first-order chi connectivity index (χ1) is 20.0. The first kappa shape index (κ1) is 29.9. The van der Waals surface area contributed by atoms with Gasteiger partial charge in [-0.05, 0) is 48.4 Å². The van der Waals surface area contributed by atoms with Gasteiger partial charge in [-0.15, -0.1) is 0 Å². The Labute approximate surface area is 237 Å². The lowest BCUT2D eigenvalue weighted by Crippen LogP contribution is -2.49. The zero-order valence-corrected chi connectivity index (χ0v) is 22.1. The van der Waals surface area contributed by atoms with Gasteiger partial charge in [0.1, 0.15) is 5.82 Å². The Balaban J connectivity index is 1.76. The lowest BCUT2D eigenvalue weighted by Gasteiger charge is -2.32. The Morgan fingerprint density at radius 3 is 2.33 bits per heavy atom. The minimum absolute atomic E-state index is 0.00688. The largest absolute Gasteiger partial charge is 0.463 e. The summed E-state index contributed by atoms with van der Waals surface area (Å²) in [5.41, 5.74) is 0.0340. The second-order valence-corrected chi connectivity index (χ2v) is 9.13. The number of benzene rings is 2. The molecular formula is C29H24F4N4O5. The molecule has 0 saturated carbocycles. The number of urea groups is 1. The van der Waals surface area contributed by atoms with E-state index in [4.69, 9.17) is 4.74 Å². The number of aromatic nitrogens is 1. The normalized spacial score (nSPS) is 15.0. The van der Waals surface area contributed by atoms with Gasteiger partial charge in [0, 0.05) is 30.1 Å². The number of pyridine rings is 1. The molecule has 3 amide bonds. The van der Waals surface area contributed by atoms with Crippen LogP contribution in [0.15, 0.2) is 84.3 Å². The average molecular weight is 585 g/mol. The Hall–Kier alpha value is -5.07. The molecular weight excluding hydrogens is 560 g/mol. The van der Waals surface area contributed by atoms with Gasteiger partial charge in [0.15, 0.2) is 0 Å². The van der Waals surface area contributed by atoms with E-state index in [1.54, 1.807) is 19.1 Å². The summed E-state index contributed by atoms with van der Waals surface area (Å²) < 4.78 is 57.9. The summed E-state index contributed by atoms with van der Waals surface area (Å²) in [4.78, 5) is 56.4. The van der Waals surface area contributed by atoms with Crippen molar-refractivity contribution in [3.8, 4) is 0 Å². The molecule has 0 fully saturated rings. The number of alkyl halides is 3. The molecule has 3 aromatic rings. The van der Waals surface area contributed by atoms with Crippen molar-refractivity contribution in [2.24, 2.45) is 0 Å². The van der Waals surface area contributed by atoms with Crippen LogP contribution in [0.25, 0.3) is 0 Å². The number of amides is 3. The zero-order chi connectivity index (χ0) is 30.4. The van der Waals surface area contributed by atoms with E-state index in [2.05, 4.69) is 15.6 Å². The molecule has 1 aliphatic heterocycles. The standard InChI is InChI=1S/C29H24F4N4O5/c1-2-42-27(40)23-22(35-28(41)36-24(23)20-6-3-7-21(30)13-20)16-37(15-17-5-4-12-34-14-17)26(39)19-10-8-18(9-11-19)25(38)29(31,32)33/h3-14,24H,2,15-16H2,1H3,(H2,35,36,41)/t24-/m0/s1. The van der Waals surface area contributed by atoms with Crippen LogP contribution in [0.4, 0.5) is 22.4 Å². The third kappa shape index (κ3) is 6.97. The molecule has 42 heavy (non-hydrogen) atoms. The predicted molar refractivity (Wildman–Crippen MR) is 140 cm³/mol. The fraction of sp³-hybridized carbons (Fsp3) is 0.207. The maximum absolute atomic E-state index is 14.1. The first-order valence-corrected chi connectivity index (χ1v) is 12.6. The highest BCUT2D eigenvalue weighted by molar-refractivity contribution is 6.02. The van der Waals surface area contributed by atoms with Gasteiger partial charge in [0.2, 0.25) is 0 Å². The van der Waals surface area contributed by atoms with Gasteiger partial charge in [-0.3, -0.25) is 14.6 Å². The Kier molecular flexibility index (Phi) is 8.99. The van der Waals surface area contributed by atoms with Crippen LogP contribution < -0.4 is 10.6 Å². The third-order valence-corrected chi connectivity index (χ3v) is 6.21. The van der Waals surface area contributed by atoms with Gasteiger partial charge >= 0.3 is 18.2 Å². The van der Waals surface area contributed by atoms with E-state index < -0.39 is 47.3 Å². The molecule has 0 bridgehead atoms. The highest BCUT2D eigenvalue weighted by Gasteiger charge is 2.39. The summed E-state index contributed by atoms with van der Waals surface area (Å²) in [6, 6.07) is 10.7. The zero-order valence-electron chi connectivity index (χ0n) is 22.1. The Morgan fingerprint density at radius 2 is 1.71 bits per heavy atom. The van der Waals surface area contributed by atoms with Crippen molar-refractivity contribution in [1.82, 2.24) is 20.5 Å². The van der Waals surface area contributed by atoms with Crippen molar-refractivity contribution in [3.05, 3.63) is 112 Å². The first-order valence-electron chi connectivity index (χ1n) is 12.6.